The standard InChI is InChI=1S/C19H20N2/c1-2-7-14(8-3-1)18-13-15-9-6-12-17(19(15)21-18)20-16-10-4-5-11-16/h1-3,6-9,12-13,16,20-21H,4-5,10-11H2. The van der Waals surface area contributed by atoms with Gasteiger partial charge in [0.25, 0.3) is 0 Å². The van der Waals surface area contributed by atoms with E-state index >= 15 is 0 Å². The lowest BCUT2D eigenvalue weighted by atomic mass is 10.1. The number of para-hydroxylation sites is 1. The summed E-state index contributed by atoms with van der Waals surface area (Å²) in [6, 6.07) is 19.9. The average Bonchev–Trinajstić information content (AvgIpc) is 3.17. The zero-order valence-corrected chi connectivity index (χ0v) is 12.1. The third-order valence-electron chi connectivity index (χ3n) is 4.46. The first-order chi connectivity index (χ1) is 10.4. The van der Waals surface area contributed by atoms with Crippen molar-refractivity contribution in [2.24, 2.45) is 0 Å². The Labute approximate surface area is 125 Å². The lowest BCUT2D eigenvalue weighted by Crippen LogP contribution is -2.14. The van der Waals surface area contributed by atoms with Crippen LogP contribution in [-0.4, -0.2) is 11.0 Å². The largest absolute Gasteiger partial charge is 0.381 e. The summed E-state index contributed by atoms with van der Waals surface area (Å²) in [7, 11) is 0. The highest BCUT2D eigenvalue weighted by Gasteiger charge is 2.16. The van der Waals surface area contributed by atoms with Crippen LogP contribution in [0.15, 0.2) is 54.6 Å². The topological polar surface area (TPSA) is 27.8 Å². The number of benzene rings is 2. The van der Waals surface area contributed by atoms with E-state index in [1.54, 1.807) is 0 Å². The number of anilines is 1. The van der Waals surface area contributed by atoms with Crippen LogP contribution in [0.1, 0.15) is 25.7 Å². The third kappa shape index (κ3) is 2.42. The minimum absolute atomic E-state index is 0.638. The minimum atomic E-state index is 0.638. The Morgan fingerprint density at radius 3 is 2.52 bits per heavy atom. The molecule has 21 heavy (non-hydrogen) atoms. The molecule has 1 fully saturated rings. The van der Waals surface area contributed by atoms with E-state index in [2.05, 4.69) is 64.9 Å². The highest BCUT2D eigenvalue weighted by Crippen LogP contribution is 2.30. The maximum Gasteiger partial charge on any atom is 0.0694 e. The molecule has 0 bridgehead atoms. The van der Waals surface area contributed by atoms with Crippen molar-refractivity contribution in [1.29, 1.82) is 0 Å². The van der Waals surface area contributed by atoms with Gasteiger partial charge < -0.3 is 10.3 Å². The first kappa shape index (κ1) is 12.5. The smallest absolute Gasteiger partial charge is 0.0694 e. The van der Waals surface area contributed by atoms with Crippen LogP contribution in [0.3, 0.4) is 0 Å². The fourth-order valence-electron chi connectivity index (χ4n) is 3.34. The molecule has 2 aromatic carbocycles. The number of hydrogen-bond donors (Lipinski definition) is 2. The maximum atomic E-state index is 3.72. The molecule has 1 aliphatic rings. The summed E-state index contributed by atoms with van der Waals surface area (Å²) in [4.78, 5) is 3.59. The van der Waals surface area contributed by atoms with Crippen molar-refractivity contribution in [1.82, 2.24) is 4.98 Å². The van der Waals surface area contributed by atoms with Crippen LogP contribution in [0, 0.1) is 0 Å². The van der Waals surface area contributed by atoms with Crippen molar-refractivity contribution in [3.8, 4) is 11.3 Å². The van der Waals surface area contributed by atoms with E-state index in [1.807, 2.05) is 0 Å². The van der Waals surface area contributed by atoms with Crippen LogP contribution in [0.25, 0.3) is 22.2 Å². The summed E-state index contributed by atoms with van der Waals surface area (Å²) in [6.45, 7) is 0. The van der Waals surface area contributed by atoms with Crippen molar-refractivity contribution >= 4 is 16.6 Å². The SMILES string of the molecule is c1ccc(-c2cc3cccc(NC4CCCC4)c3[nH]2)cc1. The van der Waals surface area contributed by atoms with Crippen molar-refractivity contribution in [3.05, 3.63) is 54.6 Å². The number of rotatable bonds is 3. The third-order valence-corrected chi connectivity index (χ3v) is 4.46. The normalized spacial score (nSPS) is 15.6. The Hall–Kier alpha value is -2.22. The lowest BCUT2D eigenvalue weighted by Gasteiger charge is -2.14. The molecule has 106 valence electrons. The Morgan fingerprint density at radius 2 is 1.71 bits per heavy atom. The van der Waals surface area contributed by atoms with E-state index < -0.39 is 0 Å². The first-order valence-corrected chi connectivity index (χ1v) is 7.84. The molecule has 1 aliphatic carbocycles. The predicted molar refractivity (Wildman–Crippen MR) is 89.6 cm³/mol. The fraction of sp³-hybridized carbons (Fsp3) is 0.263. The summed E-state index contributed by atoms with van der Waals surface area (Å²) in [5.41, 5.74) is 4.89. The molecule has 1 saturated carbocycles. The molecule has 0 atom stereocenters. The van der Waals surface area contributed by atoms with Gasteiger partial charge in [0.2, 0.25) is 0 Å². The summed E-state index contributed by atoms with van der Waals surface area (Å²) >= 11 is 0. The number of hydrogen-bond acceptors (Lipinski definition) is 1. The number of aromatic amines is 1. The van der Waals surface area contributed by atoms with Gasteiger partial charge in [-0.05, 0) is 30.5 Å². The average molecular weight is 276 g/mol. The van der Waals surface area contributed by atoms with E-state index in [0.29, 0.717) is 6.04 Å². The summed E-state index contributed by atoms with van der Waals surface area (Å²) in [5.74, 6) is 0. The number of aromatic nitrogens is 1. The van der Waals surface area contributed by atoms with E-state index in [4.69, 9.17) is 0 Å². The molecule has 1 aromatic heterocycles. The Kier molecular flexibility index (Phi) is 3.15. The zero-order chi connectivity index (χ0) is 14.1. The van der Waals surface area contributed by atoms with Gasteiger partial charge in [0.05, 0.1) is 11.2 Å². The lowest BCUT2D eigenvalue weighted by molar-refractivity contribution is 0.756. The molecule has 2 heteroatoms. The monoisotopic (exact) mass is 276 g/mol. The van der Waals surface area contributed by atoms with Gasteiger partial charge in [0, 0.05) is 17.1 Å². The highest BCUT2D eigenvalue weighted by atomic mass is 14.9. The Morgan fingerprint density at radius 1 is 0.905 bits per heavy atom. The summed E-state index contributed by atoms with van der Waals surface area (Å²) < 4.78 is 0. The Bertz CT molecular complexity index is 737. The van der Waals surface area contributed by atoms with E-state index in [0.717, 1.165) is 0 Å². The van der Waals surface area contributed by atoms with Gasteiger partial charge in [-0.15, -0.1) is 0 Å². The minimum Gasteiger partial charge on any atom is -0.381 e. The van der Waals surface area contributed by atoms with Crippen molar-refractivity contribution in [2.75, 3.05) is 5.32 Å². The van der Waals surface area contributed by atoms with E-state index in [1.165, 1.54) is 53.5 Å². The van der Waals surface area contributed by atoms with Crippen molar-refractivity contribution < 1.29 is 0 Å². The van der Waals surface area contributed by atoms with Gasteiger partial charge in [0.15, 0.2) is 0 Å². The van der Waals surface area contributed by atoms with Gasteiger partial charge in [-0.1, -0.05) is 55.3 Å². The molecule has 0 amide bonds. The zero-order valence-electron chi connectivity index (χ0n) is 12.1. The summed E-state index contributed by atoms with van der Waals surface area (Å²) in [6.07, 6.45) is 5.30. The van der Waals surface area contributed by atoms with E-state index in [9.17, 15) is 0 Å². The van der Waals surface area contributed by atoms with Crippen LogP contribution in [-0.2, 0) is 0 Å². The van der Waals surface area contributed by atoms with Crippen molar-refractivity contribution in [2.45, 2.75) is 31.7 Å². The molecule has 4 rings (SSSR count). The molecule has 2 nitrogen and oxygen atoms in total. The van der Waals surface area contributed by atoms with Crippen molar-refractivity contribution in [3.63, 3.8) is 0 Å². The molecule has 0 unspecified atom stereocenters. The second-order valence-electron chi connectivity index (χ2n) is 5.94. The maximum absolute atomic E-state index is 3.72. The molecular weight excluding hydrogens is 256 g/mol. The highest BCUT2D eigenvalue weighted by molar-refractivity contribution is 5.94. The molecule has 0 aliphatic heterocycles. The van der Waals surface area contributed by atoms with E-state index in [-0.39, 0.29) is 0 Å². The number of fused-ring (bicyclic) bond motifs is 1. The van der Waals surface area contributed by atoms with Crippen LogP contribution in [0.2, 0.25) is 0 Å². The van der Waals surface area contributed by atoms with Crippen LogP contribution >= 0.6 is 0 Å². The second-order valence-corrected chi connectivity index (χ2v) is 5.94. The number of H-pyrrole nitrogens is 1. The molecule has 0 saturated heterocycles. The van der Waals surface area contributed by atoms with Gasteiger partial charge in [0.1, 0.15) is 0 Å². The van der Waals surface area contributed by atoms with Gasteiger partial charge in [-0.25, -0.2) is 0 Å². The summed E-state index contributed by atoms with van der Waals surface area (Å²) in [5, 5.41) is 4.99. The van der Waals surface area contributed by atoms with Gasteiger partial charge in [-0.3, -0.25) is 0 Å². The molecular formula is C19H20N2. The molecule has 3 aromatic rings. The second kappa shape index (κ2) is 5.28. The number of nitrogens with one attached hydrogen (secondary N) is 2. The first-order valence-electron chi connectivity index (χ1n) is 7.84. The van der Waals surface area contributed by atoms with Crippen LogP contribution in [0.4, 0.5) is 5.69 Å². The van der Waals surface area contributed by atoms with Gasteiger partial charge in [-0.2, -0.15) is 0 Å². The van der Waals surface area contributed by atoms with Crippen LogP contribution in [0.5, 0.6) is 0 Å². The fourth-order valence-corrected chi connectivity index (χ4v) is 3.34. The molecule has 0 spiro atoms. The van der Waals surface area contributed by atoms with Gasteiger partial charge >= 0.3 is 0 Å². The molecule has 0 radical (unpaired) electrons. The predicted octanol–water partition coefficient (Wildman–Crippen LogP) is 5.19. The molecule has 2 N–H and O–H groups in total. The molecule has 1 heterocycles. The van der Waals surface area contributed by atoms with Crippen LogP contribution < -0.4 is 5.32 Å². The quantitative estimate of drug-likeness (QED) is 0.677. The Balaban J connectivity index is 1.73.